The lowest BCUT2D eigenvalue weighted by atomic mass is 10.2. The second-order valence-corrected chi connectivity index (χ2v) is 2.94. The fourth-order valence-electron chi connectivity index (χ4n) is 1.00. The maximum absolute atomic E-state index is 12.3. The molecule has 0 saturated heterocycles. The van der Waals surface area contributed by atoms with Gasteiger partial charge in [-0.25, -0.2) is 4.98 Å². The molecular weight excluding hydrogens is 252 g/mol. The number of aromatic nitrogens is 1. The number of hydrazone groups is 1. The Labute approximate surface area is 90.9 Å². The summed E-state index contributed by atoms with van der Waals surface area (Å²) in [4.78, 5) is 2.95. The van der Waals surface area contributed by atoms with Crippen LogP contribution in [-0.2, 0) is 12.4 Å². The second kappa shape index (κ2) is 4.22. The minimum absolute atomic E-state index is 0.0755. The fraction of sp³-hybridized carbons (Fsp3) is 0.250. The van der Waals surface area contributed by atoms with Crippen LogP contribution in [0.5, 0.6) is 0 Å². The Balaban J connectivity index is 3.39. The van der Waals surface area contributed by atoms with E-state index in [0.29, 0.717) is 12.3 Å². The normalized spacial score (nSPS) is 13.3. The molecule has 2 N–H and O–H groups in total. The lowest BCUT2D eigenvalue weighted by Gasteiger charge is -2.11. The molecule has 94 valence electrons. The van der Waals surface area contributed by atoms with Crippen LogP contribution in [0.2, 0.25) is 0 Å². The van der Waals surface area contributed by atoms with E-state index in [2.05, 4.69) is 15.9 Å². The van der Waals surface area contributed by atoms with Gasteiger partial charge in [-0.1, -0.05) is 0 Å². The Morgan fingerprint density at radius 3 is 2.06 bits per heavy atom. The zero-order valence-corrected chi connectivity index (χ0v) is 7.97. The summed E-state index contributed by atoms with van der Waals surface area (Å²) < 4.78 is 73.7. The van der Waals surface area contributed by atoms with Crippen molar-refractivity contribution in [3.8, 4) is 0 Å². The van der Waals surface area contributed by atoms with E-state index in [-0.39, 0.29) is 6.07 Å². The second-order valence-electron chi connectivity index (χ2n) is 2.94. The Morgan fingerprint density at radius 1 is 1.06 bits per heavy atom. The molecule has 0 saturated carbocycles. The highest BCUT2D eigenvalue weighted by atomic mass is 19.4. The molecule has 17 heavy (non-hydrogen) atoms. The van der Waals surface area contributed by atoms with E-state index in [0.717, 1.165) is 0 Å². The first-order chi connectivity index (χ1) is 7.64. The number of pyridine rings is 1. The Kier molecular flexibility index (Phi) is 3.30. The number of nitrogens with two attached hydrogens (primary N) is 1. The Bertz CT molecular complexity index is 402. The average molecular weight is 257 g/mol. The first kappa shape index (κ1) is 13.3. The van der Waals surface area contributed by atoms with Crippen molar-refractivity contribution < 1.29 is 26.3 Å². The highest BCUT2D eigenvalue weighted by Crippen LogP contribution is 2.34. The van der Waals surface area contributed by atoms with E-state index >= 15 is 0 Å². The topological polar surface area (TPSA) is 51.3 Å². The van der Waals surface area contributed by atoms with Crippen molar-refractivity contribution in [2.45, 2.75) is 12.4 Å². The number of rotatable bonds is 1. The largest absolute Gasteiger partial charge is 0.433 e. The van der Waals surface area contributed by atoms with Crippen LogP contribution < -0.4 is 5.84 Å². The van der Waals surface area contributed by atoms with E-state index in [9.17, 15) is 26.3 Å². The van der Waals surface area contributed by atoms with Crippen molar-refractivity contribution in [2.24, 2.45) is 10.9 Å². The molecule has 0 aliphatic heterocycles. The van der Waals surface area contributed by atoms with Gasteiger partial charge in [0, 0.05) is 0 Å². The molecule has 1 rings (SSSR count). The lowest BCUT2D eigenvalue weighted by Crippen LogP contribution is -2.14. The summed E-state index contributed by atoms with van der Waals surface area (Å²) >= 11 is 0. The molecule has 9 heteroatoms. The molecule has 0 atom stereocenters. The van der Waals surface area contributed by atoms with Crippen LogP contribution in [0.3, 0.4) is 0 Å². The maximum Gasteiger partial charge on any atom is 0.433 e. The smallest absolute Gasteiger partial charge is 0.323 e. The molecule has 0 aliphatic carbocycles. The van der Waals surface area contributed by atoms with Crippen LogP contribution >= 0.6 is 0 Å². The van der Waals surface area contributed by atoms with Crippen LogP contribution in [0.1, 0.15) is 17.0 Å². The third-order valence-electron chi connectivity index (χ3n) is 1.67. The van der Waals surface area contributed by atoms with Crippen LogP contribution in [0.4, 0.5) is 26.3 Å². The predicted molar refractivity (Wildman–Crippen MR) is 46.0 cm³/mol. The van der Waals surface area contributed by atoms with Gasteiger partial charge in [-0.3, -0.25) is 0 Å². The minimum Gasteiger partial charge on any atom is -0.323 e. The summed E-state index contributed by atoms with van der Waals surface area (Å²) in [5, 5.41) is 2.83. The van der Waals surface area contributed by atoms with Gasteiger partial charge in [0.05, 0.1) is 17.5 Å². The molecule has 0 amide bonds. The number of halogens is 6. The van der Waals surface area contributed by atoms with Gasteiger partial charge in [-0.05, 0) is 12.1 Å². The van der Waals surface area contributed by atoms with Gasteiger partial charge in [0.15, 0.2) is 0 Å². The van der Waals surface area contributed by atoms with Crippen molar-refractivity contribution in [1.29, 1.82) is 0 Å². The third-order valence-corrected chi connectivity index (χ3v) is 1.67. The van der Waals surface area contributed by atoms with Crippen molar-refractivity contribution in [3.05, 3.63) is 29.1 Å². The van der Waals surface area contributed by atoms with Gasteiger partial charge in [-0.2, -0.15) is 31.4 Å². The highest BCUT2D eigenvalue weighted by Gasteiger charge is 2.38. The molecule has 1 aromatic rings. The number of hydrogen-bond acceptors (Lipinski definition) is 3. The molecule has 0 bridgehead atoms. The maximum atomic E-state index is 12.3. The summed E-state index contributed by atoms with van der Waals surface area (Å²) in [7, 11) is 0. The van der Waals surface area contributed by atoms with Crippen LogP contribution in [-0.4, -0.2) is 11.2 Å². The molecule has 0 spiro atoms. The molecule has 0 fully saturated rings. The number of alkyl halides is 6. The number of hydrogen-bond donors (Lipinski definition) is 1. The zero-order valence-electron chi connectivity index (χ0n) is 7.97. The van der Waals surface area contributed by atoms with Gasteiger partial charge < -0.3 is 5.84 Å². The predicted octanol–water partition coefficient (Wildman–Crippen LogP) is 2.41. The van der Waals surface area contributed by atoms with E-state index in [1.807, 2.05) is 0 Å². The Hall–Kier alpha value is -1.80. The average Bonchev–Trinajstić information content (AvgIpc) is 2.15. The first-order valence-electron chi connectivity index (χ1n) is 4.04. The van der Waals surface area contributed by atoms with Crippen molar-refractivity contribution in [3.63, 3.8) is 0 Å². The van der Waals surface area contributed by atoms with Crippen LogP contribution in [0.15, 0.2) is 17.2 Å². The summed E-state index contributed by atoms with van der Waals surface area (Å²) in [5.74, 6) is 4.65. The van der Waals surface area contributed by atoms with Crippen LogP contribution in [0.25, 0.3) is 0 Å². The van der Waals surface area contributed by atoms with E-state index in [1.165, 1.54) is 0 Å². The summed E-state index contributed by atoms with van der Waals surface area (Å²) in [6, 6.07) is 0.347. The third kappa shape index (κ3) is 3.33. The quantitative estimate of drug-likeness (QED) is 0.363. The summed E-state index contributed by atoms with van der Waals surface area (Å²) in [6.45, 7) is 0. The zero-order chi connectivity index (χ0) is 13.3. The molecule has 0 aromatic carbocycles. The van der Waals surface area contributed by atoms with Crippen molar-refractivity contribution in [1.82, 2.24) is 4.98 Å². The molecule has 0 radical (unpaired) electrons. The van der Waals surface area contributed by atoms with Crippen LogP contribution in [0, 0.1) is 0 Å². The van der Waals surface area contributed by atoms with Crippen molar-refractivity contribution in [2.75, 3.05) is 0 Å². The van der Waals surface area contributed by atoms with Gasteiger partial charge in [0.25, 0.3) is 0 Å². The lowest BCUT2D eigenvalue weighted by molar-refractivity contribution is -0.145. The van der Waals surface area contributed by atoms with Crippen molar-refractivity contribution >= 4 is 6.21 Å². The standard InChI is InChI=1S/C8H5F6N3/c9-7(10,11)4-1-5(3-16-15)17-6(2-4)8(12,13)14/h1-3H,15H2. The molecule has 0 unspecified atom stereocenters. The molecule has 1 aromatic heterocycles. The first-order valence-corrected chi connectivity index (χ1v) is 4.04. The highest BCUT2D eigenvalue weighted by molar-refractivity contribution is 5.77. The molecule has 1 heterocycles. The minimum atomic E-state index is -4.97. The fourth-order valence-corrected chi connectivity index (χ4v) is 1.00. The van der Waals surface area contributed by atoms with Gasteiger partial charge in [0.2, 0.25) is 0 Å². The van der Waals surface area contributed by atoms with E-state index in [4.69, 9.17) is 0 Å². The Morgan fingerprint density at radius 2 is 1.65 bits per heavy atom. The molecule has 0 aliphatic rings. The van der Waals surface area contributed by atoms with Gasteiger partial charge >= 0.3 is 12.4 Å². The monoisotopic (exact) mass is 257 g/mol. The van der Waals surface area contributed by atoms with Gasteiger partial charge in [0.1, 0.15) is 5.69 Å². The molecule has 3 nitrogen and oxygen atoms in total. The summed E-state index contributed by atoms with van der Waals surface area (Å²) in [5.41, 5.74) is -3.73. The van der Waals surface area contributed by atoms with E-state index in [1.54, 1.807) is 0 Å². The number of nitrogens with zero attached hydrogens (tertiary/aromatic N) is 2. The van der Waals surface area contributed by atoms with E-state index < -0.39 is 29.3 Å². The molecular formula is C8H5F6N3. The summed E-state index contributed by atoms with van der Waals surface area (Å²) in [6.07, 6.45) is -9.27. The SMILES string of the molecule is NN=Cc1cc(C(F)(F)F)cc(C(F)(F)F)n1. The van der Waals surface area contributed by atoms with Gasteiger partial charge in [-0.15, -0.1) is 0 Å².